The summed E-state index contributed by atoms with van der Waals surface area (Å²) in [7, 11) is 0. The summed E-state index contributed by atoms with van der Waals surface area (Å²) < 4.78 is 0. The van der Waals surface area contributed by atoms with Gasteiger partial charge in [0.1, 0.15) is 0 Å². The Morgan fingerprint density at radius 3 is 2.55 bits per heavy atom. The molecule has 0 aliphatic carbocycles. The van der Waals surface area contributed by atoms with Gasteiger partial charge < -0.3 is 5.11 Å². The van der Waals surface area contributed by atoms with Crippen molar-refractivity contribution in [1.82, 2.24) is 0 Å². The smallest absolute Gasteiger partial charge is 0.0965 e. The third-order valence-corrected chi connectivity index (χ3v) is 3.84. The lowest BCUT2D eigenvalue weighted by Crippen LogP contribution is -2.48. The van der Waals surface area contributed by atoms with Crippen LogP contribution in [0.5, 0.6) is 0 Å². The zero-order valence-electron chi connectivity index (χ0n) is 7.26. The highest BCUT2D eigenvalue weighted by molar-refractivity contribution is 7.99. The summed E-state index contributed by atoms with van der Waals surface area (Å²) >= 11 is 1.81. The predicted octanol–water partition coefficient (Wildman–Crippen LogP) is 2.07. The Morgan fingerprint density at radius 1 is 1.55 bits per heavy atom. The normalized spacial score (nSPS) is 36.6. The lowest BCUT2D eigenvalue weighted by Gasteiger charge is -2.44. The molecule has 0 spiro atoms. The third-order valence-electron chi connectivity index (χ3n) is 2.70. The molecule has 1 nitrogen and oxygen atoms in total. The van der Waals surface area contributed by atoms with Crippen LogP contribution in [0.4, 0.5) is 0 Å². The molecule has 1 heterocycles. The van der Waals surface area contributed by atoms with E-state index < -0.39 is 5.60 Å². The highest BCUT2D eigenvalue weighted by Gasteiger charge is 2.42. The van der Waals surface area contributed by atoms with E-state index in [4.69, 9.17) is 0 Å². The van der Waals surface area contributed by atoms with Crippen LogP contribution in [0, 0.1) is 5.41 Å². The van der Waals surface area contributed by atoms with Gasteiger partial charge in [0.05, 0.1) is 5.60 Å². The summed E-state index contributed by atoms with van der Waals surface area (Å²) in [6.45, 7) is 7.90. The fourth-order valence-electron chi connectivity index (χ4n) is 1.30. The molecule has 2 heteroatoms. The maximum absolute atomic E-state index is 10.1. The molecule has 0 saturated carbocycles. The summed E-state index contributed by atoms with van der Waals surface area (Å²) in [5.74, 6) is 1.95. The first-order chi connectivity index (χ1) is 5.02. The van der Waals surface area contributed by atoms with Crippen molar-refractivity contribution >= 4 is 11.8 Å². The Morgan fingerprint density at radius 2 is 2.18 bits per heavy atom. The molecule has 0 aromatic rings. The topological polar surface area (TPSA) is 20.2 Å². The zero-order valence-corrected chi connectivity index (χ0v) is 8.08. The molecule has 1 saturated heterocycles. The van der Waals surface area contributed by atoms with E-state index in [0.29, 0.717) is 0 Å². The Kier molecular flexibility index (Phi) is 2.35. The van der Waals surface area contributed by atoms with Gasteiger partial charge in [-0.25, -0.2) is 0 Å². The maximum atomic E-state index is 10.1. The molecule has 1 aliphatic rings. The molecule has 0 radical (unpaired) electrons. The van der Waals surface area contributed by atoms with Gasteiger partial charge in [0.2, 0.25) is 0 Å². The SMILES string of the molecule is C=CC1(O)CSCCC1(C)C. The zero-order chi connectivity index (χ0) is 8.54. The highest BCUT2D eigenvalue weighted by atomic mass is 32.2. The Labute approximate surface area is 72.9 Å². The van der Waals surface area contributed by atoms with E-state index in [0.717, 1.165) is 17.9 Å². The van der Waals surface area contributed by atoms with Gasteiger partial charge >= 0.3 is 0 Å². The van der Waals surface area contributed by atoms with Crippen LogP contribution >= 0.6 is 11.8 Å². The summed E-state index contributed by atoms with van der Waals surface area (Å²) in [6, 6.07) is 0. The third kappa shape index (κ3) is 1.47. The van der Waals surface area contributed by atoms with E-state index in [9.17, 15) is 5.11 Å². The van der Waals surface area contributed by atoms with Crippen LogP contribution in [0.3, 0.4) is 0 Å². The monoisotopic (exact) mass is 172 g/mol. The molecule has 1 unspecified atom stereocenters. The van der Waals surface area contributed by atoms with Crippen LogP contribution in [0.1, 0.15) is 20.3 Å². The molecule has 0 aromatic carbocycles. The Balaban J connectivity index is 2.82. The van der Waals surface area contributed by atoms with Gasteiger partial charge in [-0.3, -0.25) is 0 Å². The molecule has 1 aliphatic heterocycles. The number of hydrogen-bond donors (Lipinski definition) is 1. The van der Waals surface area contributed by atoms with Gasteiger partial charge in [-0.2, -0.15) is 11.8 Å². The maximum Gasteiger partial charge on any atom is 0.0965 e. The van der Waals surface area contributed by atoms with Crippen LogP contribution in [0.25, 0.3) is 0 Å². The Bertz CT molecular complexity index is 165. The average Bonchev–Trinajstić information content (AvgIpc) is 1.95. The summed E-state index contributed by atoms with van der Waals surface area (Å²) in [5.41, 5.74) is -0.657. The van der Waals surface area contributed by atoms with E-state index in [-0.39, 0.29) is 5.41 Å². The van der Waals surface area contributed by atoms with Crippen molar-refractivity contribution < 1.29 is 5.11 Å². The molecular weight excluding hydrogens is 156 g/mol. The number of aliphatic hydroxyl groups is 1. The standard InChI is InChI=1S/C9H16OS/c1-4-9(10)7-11-6-5-8(9,2)3/h4,10H,1,5-7H2,2-3H3. The second-order valence-electron chi connectivity index (χ2n) is 3.81. The number of hydrogen-bond acceptors (Lipinski definition) is 2. The van der Waals surface area contributed by atoms with Crippen molar-refractivity contribution in [1.29, 1.82) is 0 Å². The molecule has 0 amide bonds. The summed E-state index contributed by atoms with van der Waals surface area (Å²) in [5, 5.41) is 10.1. The van der Waals surface area contributed by atoms with Crippen molar-refractivity contribution in [2.45, 2.75) is 25.9 Å². The van der Waals surface area contributed by atoms with E-state index in [1.165, 1.54) is 0 Å². The van der Waals surface area contributed by atoms with Gasteiger partial charge in [-0.1, -0.05) is 19.9 Å². The second kappa shape index (κ2) is 2.83. The largest absolute Gasteiger partial charge is 0.384 e. The van der Waals surface area contributed by atoms with Crippen LogP contribution in [-0.4, -0.2) is 22.2 Å². The van der Waals surface area contributed by atoms with Gasteiger partial charge in [0, 0.05) is 5.75 Å². The molecule has 11 heavy (non-hydrogen) atoms. The lowest BCUT2D eigenvalue weighted by molar-refractivity contribution is -0.00872. The van der Waals surface area contributed by atoms with E-state index in [2.05, 4.69) is 20.4 Å². The average molecular weight is 172 g/mol. The number of rotatable bonds is 1. The second-order valence-corrected chi connectivity index (χ2v) is 4.92. The minimum Gasteiger partial charge on any atom is -0.384 e. The molecule has 0 bridgehead atoms. The van der Waals surface area contributed by atoms with Crippen molar-refractivity contribution in [2.24, 2.45) is 5.41 Å². The van der Waals surface area contributed by atoms with E-state index in [1.807, 2.05) is 11.8 Å². The molecule has 1 atom stereocenters. The van der Waals surface area contributed by atoms with E-state index >= 15 is 0 Å². The minimum absolute atomic E-state index is 0. The molecule has 0 aromatic heterocycles. The van der Waals surface area contributed by atoms with Crippen LogP contribution in [0.2, 0.25) is 0 Å². The summed E-state index contributed by atoms with van der Waals surface area (Å²) in [4.78, 5) is 0. The van der Waals surface area contributed by atoms with Crippen LogP contribution in [0.15, 0.2) is 12.7 Å². The van der Waals surface area contributed by atoms with Gasteiger partial charge in [0.25, 0.3) is 0 Å². The van der Waals surface area contributed by atoms with Gasteiger partial charge in [-0.05, 0) is 17.6 Å². The lowest BCUT2D eigenvalue weighted by atomic mass is 9.73. The number of thioether (sulfide) groups is 1. The van der Waals surface area contributed by atoms with Crippen molar-refractivity contribution in [2.75, 3.05) is 11.5 Å². The van der Waals surface area contributed by atoms with Crippen molar-refractivity contribution in [3.05, 3.63) is 12.7 Å². The molecule has 1 rings (SSSR count). The fraction of sp³-hybridized carbons (Fsp3) is 0.778. The van der Waals surface area contributed by atoms with Crippen molar-refractivity contribution in [3.63, 3.8) is 0 Å². The molecule has 1 fully saturated rings. The molecule has 64 valence electrons. The van der Waals surface area contributed by atoms with Gasteiger partial charge in [0.15, 0.2) is 0 Å². The van der Waals surface area contributed by atoms with Gasteiger partial charge in [-0.15, -0.1) is 6.58 Å². The fourth-order valence-corrected chi connectivity index (χ4v) is 2.92. The minimum atomic E-state index is -0.657. The van der Waals surface area contributed by atoms with Crippen LogP contribution in [-0.2, 0) is 0 Å². The highest BCUT2D eigenvalue weighted by Crippen LogP contribution is 2.42. The first-order valence-electron chi connectivity index (χ1n) is 3.95. The van der Waals surface area contributed by atoms with Crippen LogP contribution < -0.4 is 0 Å². The van der Waals surface area contributed by atoms with E-state index in [1.54, 1.807) is 6.08 Å². The summed E-state index contributed by atoms with van der Waals surface area (Å²) in [6.07, 6.45) is 2.76. The van der Waals surface area contributed by atoms with Crippen molar-refractivity contribution in [3.8, 4) is 0 Å². The Hall–Kier alpha value is 0.0500. The first kappa shape index (κ1) is 9.14. The molecule has 1 N–H and O–H groups in total. The predicted molar refractivity (Wildman–Crippen MR) is 50.9 cm³/mol. The first-order valence-corrected chi connectivity index (χ1v) is 5.11. The molecular formula is C9H16OS. The quantitative estimate of drug-likeness (QED) is 0.611.